The van der Waals surface area contributed by atoms with Crippen molar-refractivity contribution in [1.29, 1.82) is 0 Å². The standard InChI is InChI=1S/C109H184O16P2/c1-4-7-10-13-16-19-22-25-28-31-34-37-40-43-46-49-51-54-56-59-62-65-68-71-74-77-80-83-86-89-92-95-107(112)119-98-104(110)99-121-126(115,116)122-100-105(111)101-123-127(117,118)124-103-106(125-109(114)97-94-91-88-85-82-79-76-73-70-67-64-61-58-53-48-45-42-39-36-33-30-27-24-21-18-15-12-9-6-3)102-120-108(113)96-93-90-87-84-81-78-75-72-69-66-63-60-57-55-52-50-47-44-41-38-35-32-29-26-23-20-17-14-11-8-5-2/h7-12,16-21,25-30,34-39,43-48,51,54,104-106,110-111H,4-6,13-15,22-24,31-33,40-42,49-50,52-53,55-103H2,1-3H3,(H,115,116)(H,117,118)/b10-7-,11-8-,12-9-,19-16-,20-17-,21-18-,28-25-,29-26-,30-27-,37-34-,38-35-,39-36-,46-43-,47-44-,48-45-,54-51-. The summed E-state index contributed by atoms with van der Waals surface area (Å²) < 4.78 is 61.7. The minimum atomic E-state index is -4.95. The predicted octanol–water partition coefficient (Wildman–Crippen LogP) is 32.1. The Labute approximate surface area is 776 Å². The van der Waals surface area contributed by atoms with Crippen LogP contribution in [0.1, 0.15) is 419 Å². The first-order valence-electron chi connectivity index (χ1n) is 50.7. The molecule has 0 heterocycles. The quantitative estimate of drug-likeness (QED) is 0.0146. The molecule has 0 radical (unpaired) electrons. The van der Waals surface area contributed by atoms with Gasteiger partial charge < -0.3 is 34.2 Å². The maximum absolute atomic E-state index is 13.1. The minimum Gasteiger partial charge on any atom is -0.463 e. The molecular formula is C109H184O16P2. The lowest BCUT2D eigenvalue weighted by Gasteiger charge is -2.21. The van der Waals surface area contributed by atoms with Gasteiger partial charge in [-0.3, -0.25) is 32.5 Å². The fraction of sp³-hybridized carbons (Fsp3) is 0.679. The van der Waals surface area contributed by atoms with Crippen LogP contribution < -0.4 is 0 Å². The van der Waals surface area contributed by atoms with Crippen molar-refractivity contribution in [2.45, 2.75) is 437 Å². The lowest BCUT2D eigenvalue weighted by molar-refractivity contribution is -0.161. The lowest BCUT2D eigenvalue weighted by atomic mass is 10.0. The van der Waals surface area contributed by atoms with Crippen LogP contribution in [0.2, 0.25) is 0 Å². The largest absolute Gasteiger partial charge is 0.472 e. The highest BCUT2D eigenvalue weighted by Gasteiger charge is 2.30. The minimum absolute atomic E-state index is 0.0988. The number of carbonyl (C=O) groups excluding carboxylic acids is 3. The Morgan fingerprint density at radius 2 is 0.394 bits per heavy atom. The van der Waals surface area contributed by atoms with Crippen molar-refractivity contribution in [3.63, 3.8) is 0 Å². The van der Waals surface area contributed by atoms with Gasteiger partial charge in [0.2, 0.25) is 0 Å². The first kappa shape index (κ1) is 121. The van der Waals surface area contributed by atoms with Crippen molar-refractivity contribution in [1.82, 2.24) is 0 Å². The molecule has 18 heteroatoms. The molecule has 0 aliphatic heterocycles. The van der Waals surface area contributed by atoms with Crippen LogP contribution in [-0.4, -0.2) is 95.9 Å². The number of aliphatic hydroxyl groups excluding tert-OH is 2. The molecule has 5 unspecified atom stereocenters. The molecule has 0 aromatic rings. The maximum Gasteiger partial charge on any atom is 0.472 e. The van der Waals surface area contributed by atoms with Gasteiger partial charge in [0, 0.05) is 19.3 Å². The van der Waals surface area contributed by atoms with E-state index in [0.29, 0.717) is 19.3 Å². The summed E-state index contributed by atoms with van der Waals surface area (Å²) in [7, 11) is -9.82. The summed E-state index contributed by atoms with van der Waals surface area (Å²) in [6.07, 6.45) is 133. The predicted molar refractivity (Wildman–Crippen MR) is 537 cm³/mol. The highest BCUT2D eigenvalue weighted by atomic mass is 31.2. The second kappa shape index (κ2) is 99.4. The monoisotopic (exact) mass is 1810 g/mol. The van der Waals surface area contributed by atoms with Gasteiger partial charge in [-0.15, -0.1) is 0 Å². The number of allylic oxidation sites excluding steroid dienone is 32. The maximum atomic E-state index is 13.1. The summed E-state index contributed by atoms with van der Waals surface area (Å²) in [5.74, 6) is -1.57. The van der Waals surface area contributed by atoms with Crippen LogP contribution in [0.3, 0.4) is 0 Å². The van der Waals surface area contributed by atoms with E-state index in [1.165, 1.54) is 180 Å². The van der Waals surface area contributed by atoms with Crippen molar-refractivity contribution >= 4 is 33.6 Å². The van der Waals surface area contributed by atoms with E-state index < -0.39 is 91.5 Å². The summed E-state index contributed by atoms with van der Waals surface area (Å²) in [5, 5.41) is 20.8. The molecule has 16 nitrogen and oxygen atoms in total. The normalized spacial score (nSPS) is 14.5. The van der Waals surface area contributed by atoms with Crippen LogP contribution in [0, 0.1) is 0 Å². The van der Waals surface area contributed by atoms with E-state index in [1.54, 1.807) is 0 Å². The van der Waals surface area contributed by atoms with E-state index in [2.05, 4.69) is 215 Å². The van der Waals surface area contributed by atoms with E-state index in [-0.39, 0.29) is 19.3 Å². The van der Waals surface area contributed by atoms with Gasteiger partial charge in [-0.2, -0.15) is 0 Å². The summed E-state index contributed by atoms with van der Waals surface area (Å²) >= 11 is 0. The van der Waals surface area contributed by atoms with E-state index in [1.807, 2.05) is 0 Å². The molecule has 726 valence electrons. The number of esters is 3. The molecule has 0 rings (SSSR count). The fourth-order valence-electron chi connectivity index (χ4n) is 13.8. The smallest absolute Gasteiger partial charge is 0.463 e. The van der Waals surface area contributed by atoms with Crippen molar-refractivity contribution in [2.24, 2.45) is 0 Å². The van der Waals surface area contributed by atoms with Crippen LogP contribution in [0.25, 0.3) is 0 Å². The molecule has 0 saturated heterocycles. The molecular weight excluding hydrogens is 1630 g/mol. The molecule has 127 heavy (non-hydrogen) atoms. The average Bonchev–Trinajstić information content (AvgIpc) is 0.955. The topological polar surface area (TPSA) is 231 Å². The molecule has 0 aliphatic carbocycles. The molecule has 0 spiro atoms. The van der Waals surface area contributed by atoms with Gasteiger partial charge in [0.05, 0.1) is 26.4 Å². The van der Waals surface area contributed by atoms with E-state index >= 15 is 0 Å². The molecule has 0 fully saturated rings. The zero-order valence-corrected chi connectivity index (χ0v) is 82.2. The third-order valence-corrected chi connectivity index (χ3v) is 23.2. The average molecular weight is 1810 g/mol. The molecule has 5 atom stereocenters. The van der Waals surface area contributed by atoms with Crippen molar-refractivity contribution in [2.75, 3.05) is 39.6 Å². The number of ether oxygens (including phenoxy) is 3. The van der Waals surface area contributed by atoms with Crippen molar-refractivity contribution in [3.05, 3.63) is 194 Å². The number of hydrogen-bond donors (Lipinski definition) is 4. The van der Waals surface area contributed by atoms with Crippen molar-refractivity contribution < 1.29 is 75.8 Å². The molecule has 0 amide bonds. The molecule has 0 aromatic carbocycles. The van der Waals surface area contributed by atoms with Crippen LogP contribution >= 0.6 is 15.6 Å². The molecule has 0 bridgehead atoms. The Morgan fingerprint density at radius 3 is 0.622 bits per heavy atom. The van der Waals surface area contributed by atoms with Crippen LogP contribution in [0.5, 0.6) is 0 Å². The van der Waals surface area contributed by atoms with Crippen LogP contribution in [0.15, 0.2) is 194 Å². The highest BCUT2D eigenvalue weighted by Crippen LogP contribution is 2.45. The van der Waals surface area contributed by atoms with Gasteiger partial charge in [-0.25, -0.2) is 9.13 Å². The summed E-state index contributed by atoms with van der Waals surface area (Å²) in [6, 6.07) is 0. The first-order chi connectivity index (χ1) is 62.2. The first-order valence-corrected chi connectivity index (χ1v) is 53.7. The molecule has 4 N–H and O–H groups in total. The van der Waals surface area contributed by atoms with Gasteiger partial charge >= 0.3 is 33.6 Å². The van der Waals surface area contributed by atoms with Crippen molar-refractivity contribution in [3.8, 4) is 0 Å². The number of unbranched alkanes of at least 4 members (excludes halogenated alkanes) is 40. The Kier molecular flexibility index (Phi) is 95.0. The van der Waals surface area contributed by atoms with Gasteiger partial charge in [0.1, 0.15) is 25.4 Å². The van der Waals surface area contributed by atoms with Gasteiger partial charge in [0.25, 0.3) is 0 Å². The number of aliphatic hydroxyl groups is 2. The number of phosphoric acid groups is 2. The second-order valence-electron chi connectivity index (χ2n) is 33.5. The third-order valence-electron chi connectivity index (χ3n) is 21.3. The van der Waals surface area contributed by atoms with E-state index in [4.69, 9.17) is 32.3 Å². The third kappa shape index (κ3) is 101. The summed E-state index contributed by atoms with van der Waals surface area (Å²) in [5.41, 5.74) is 0. The second-order valence-corrected chi connectivity index (χ2v) is 36.4. The zero-order valence-electron chi connectivity index (χ0n) is 80.4. The Hall–Kier alpha value is -5.61. The SMILES string of the molecule is CC/C=C\C/C=C\C/C=C\C/C=C\C/C=C\C/C=C\CCCCCCCCCCCCCCC(=O)OCC(O)COP(=O)(O)OCC(O)COP(=O)(O)OCC(COC(=O)CCCCCCCCCCCCCCCCC/C=C\C/C=C\C/C=C\C/C=C\C/C=C\CC)OC(=O)CCCCCCCCCCCCCCC/C=C\C/C=C\C/C=C\C/C=C\C/C=C\CC. The zero-order chi connectivity index (χ0) is 92.1. The Bertz CT molecular complexity index is 3090. The number of hydrogen-bond acceptors (Lipinski definition) is 14. The molecule has 0 aliphatic rings. The molecule has 0 aromatic heterocycles. The van der Waals surface area contributed by atoms with Gasteiger partial charge in [-0.1, -0.05) is 434 Å². The van der Waals surface area contributed by atoms with Crippen LogP contribution in [-0.2, 0) is 55.8 Å². The molecule has 0 saturated carbocycles. The van der Waals surface area contributed by atoms with E-state index in [0.717, 1.165) is 180 Å². The van der Waals surface area contributed by atoms with E-state index in [9.17, 15) is 43.5 Å². The number of phosphoric ester groups is 2. The summed E-state index contributed by atoms with van der Waals surface area (Å²) in [6.45, 7) is 2.40. The van der Waals surface area contributed by atoms with Gasteiger partial charge in [0.15, 0.2) is 6.10 Å². The number of rotatable bonds is 95. The number of carbonyl (C=O) groups is 3. The van der Waals surface area contributed by atoms with Gasteiger partial charge in [-0.05, 0) is 161 Å². The Balaban J connectivity index is 4.65. The Morgan fingerprint density at radius 1 is 0.220 bits per heavy atom. The lowest BCUT2D eigenvalue weighted by Crippen LogP contribution is -2.30. The highest BCUT2D eigenvalue weighted by molar-refractivity contribution is 7.47. The fourth-order valence-corrected chi connectivity index (χ4v) is 15.3. The summed E-state index contributed by atoms with van der Waals surface area (Å²) in [4.78, 5) is 59.2. The van der Waals surface area contributed by atoms with Crippen LogP contribution in [0.4, 0.5) is 0 Å².